The topological polar surface area (TPSA) is 101 Å². The summed E-state index contributed by atoms with van der Waals surface area (Å²) in [7, 11) is 0. The van der Waals surface area contributed by atoms with Gasteiger partial charge in [-0.05, 0) is 31.9 Å². The van der Waals surface area contributed by atoms with Crippen LogP contribution in [0.5, 0.6) is 0 Å². The lowest BCUT2D eigenvalue weighted by atomic mass is 9.99. The first-order valence-corrected chi connectivity index (χ1v) is 10.4. The Kier molecular flexibility index (Phi) is 7.00. The summed E-state index contributed by atoms with van der Waals surface area (Å²) in [5.41, 5.74) is -0.864. The number of nitrogens with one attached hydrogen (secondary N) is 1. The molecule has 2 atom stereocenters. The van der Waals surface area contributed by atoms with Gasteiger partial charge in [0.25, 0.3) is 5.91 Å². The van der Waals surface area contributed by atoms with Crippen molar-refractivity contribution >= 4 is 18.2 Å². The van der Waals surface area contributed by atoms with Crippen LogP contribution in [0.15, 0.2) is 30.3 Å². The average Bonchev–Trinajstić information content (AvgIpc) is 3.42. The first-order valence-electron chi connectivity index (χ1n) is 10.4. The number of amides is 1. The summed E-state index contributed by atoms with van der Waals surface area (Å²) in [4.78, 5) is 35.1. The van der Waals surface area contributed by atoms with Crippen molar-refractivity contribution in [1.82, 2.24) is 15.1 Å². The van der Waals surface area contributed by atoms with Crippen molar-refractivity contribution in [2.24, 2.45) is 5.92 Å². The Morgan fingerprint density at radius 3 is 2.53 bits per heavy atom. The number of halogens is 3. The van der Waals surface area contributed by atoms with Crippen molar-refractivity contribution in [3.8, 4) is 11.3 Å². The maximum Gasteiger partial charge on any atom is 0.417 e. The van der Waals surface area contributed by atoms with Gasteiger partial charge in [0.2, 0.25) is 0 Å². The molecule has 0 saturated heterocycles. The summed E-state index contributed by atoms with van der Waals surface area (Å²) >= 11 is 0. The highest BCUT2D eigenvalue weighted by molar-refractivity contribution is 5.94. The maximum absolute atomic E-state index is 13.6. The lowest BCUT2D eigenvalue weighted by Crippen LogP contribution is -2.42. The van der Waals surface area contributed by atoms with Crippen molar-refractivity contribution in [3.63, 3.8) is 0 Å². The molecule has 3 rings (SSSR count). The number of benzene rings is 1. The Morgan fingerprint density at radius 1 is 1.28 bits per heavy atom. The quantitative estimate of drug-likeness (QED) is 0.589. The minimum Gasteiger partial charge on any atom is -0.481 e. The molecule has 2 N–H and O–H groups in total. The van der Waals surface area contributed by atoms with E-state index in [0.29, 0.717) is 6.29 Å². The van der Waals surface area contributed by atoms with E-state index in [9.17, 15) is 32.7 Å². The predicted molar refractivity (Wildman–Crippen MR) is 109 cm³/mol. The zero-order chi connectivity index (χ0) is 23.5. The number of carbonyl (C=O) groups is 3. The van der Waals surface area contributed by atoms with Gasteiger partial charge in [-0.3, -0.25) is 14.3 Å². The van der Waals surface area contributed by atoms with Crippen LogP contribution in [0.1, 0.15) is 61.1 Å². The van der Waals surface area contributed by atoms with Crippen LogP contribution in [0.2, 0.25) is 0 Å². The summed E-state index contributed by atoms with van der Waals surface area (Å²) in [6.45, 7) is 1.36. The SMILES string of the molecule is CC(C(=O)O)[C@H](CC=O)NC(=O)c1cc(-c2ccccc2C(F)(F)F)n(C2CCCC2)n1. The monoisotopic (exact) mass is 451 g/mol. The molecule has 32 heavy (non-hydrogen) atoms. The van der Waals surface area contributed by atoms with E-state index in [1.165, 1.54) is 35.9 Å². The molecule has 1 aromatic carbocycles. The lowest BCUT2D eigenvalue weighted by molar-refractivity contribution is -0.142. The standard InChI is InChI=1S/C22H24F3N3O4/c1-13(21(31)32)17(10-11-29)26-20(30)18-12-19(28(27-18)14-6-2-3-7-14)15-8-4-5-9-16(15)22(23,24)25/h4-5,8-9,11-14,17H,2-3,6-7,10H2,1H3,(H,26,30)(H,31,32)/t13?,17-/m0/s1. The largest absolute Gasteiger partial charge is 0.481 e. The number of rotatable bonds is 8. The molecule has 1 fully saturated rings. The van der Waals surface area contributed by atoms with Crippen LogP contribution in [0, 0.1) is 5.92 Å². The summed E-state index contributed by atoms with van der Waals surface area (Å²) in [6.07, 6.45) is -1.02. The fraction of sp³-hybridized carbons (Fsp3) is 0.455. The van der Waals surface area contributed by atoms with Crippen molar-refractivity contribution < 1.29 is 32.7 Å². The van der Waals surface area contributed by atoms with Gasteiger partial charge in [-0.1, -0.05) is 31.0 Å². The molecular weight excluding hydrogens is 427 g/mol. The van der Waals surface area contributed by atoms with E-state index in [1.807, 2.05) is 0 Å². The Labute approximate surface area is 182 Å². The third kappa shape index (κ3) is 5.00. The molecular formula is C22H24F3N3O4. The molecule has 0 aliphatic heterocycles. The van der Waals surface area contributed by atoms with Gasteiger partial charge in [-0.15, -0.1) is 0 Å². The van der Waals surface area contributed by atoms with E-state index in [-0.39, 0.29) is 29.4 Å². The van der Waals surface area contributed by atoms with Gasteiger partial charge >= 0.3 is 12.1 Å². The molecule has 2 aromatic rings. The summed E-state index contributed by atoms with van der Waals surface area (Å²) in [5.74, 6) is -2.97. The fourth-order valence-electron chi connectivity index (χ4n) is 3.99. The van der Waals surface area contributed by atoms with E-state index >= 15 is 0 Å². The molecule has 1 aromatic heterocycles. The molecule has 1 saturated carbocycles. The number of carboxylic acid groups (broad SMARTS) is 1. The average molecular weight is 451 g/mol. The highest BCUT2D eigenvalue weighted by atomic mass is 19.4. The highest BCUT2D eigenvalue weighted by Gasteiger charge is 2.35. The predicted octanol–water partition coefficient (Wildman–Crippen LogP) is 4.09. The number of hydrogen-bond acceptors (Lipinski definition) is 4. The molecule has 1 heterocycles. The third-order valence-corrected chi connectivity index (χ3v) is 5.81. The van der Waals surface area contributed by atoms with Crippen molar-refractivity contribution in [2.75, 3.05) is 0 Å². The molecule has 172 valence electrons. The number of carbonyl (C=O) groups excluding carboxylic acids is 2. The minimum absolute atomic E-state index is 0.0817. The van der Waals surface area contributed by atoms with Crippen LogP contribution in [0.3, 0.4) is 0 Å². The van der Waals surface area contributed by atoms with Crippen LogP contribution in [0.25, 0.3) is 11.3 Å². The molecule has 10 heteroatoms. The van der Waals surface area contributed by atoms with Gasteiger partial charge in [0.15, 0.2) is 5.69 Å². The number of carboxylic acids is 1. The molecule has 0 spiro atoms. The zero-order valence-corrected chi connectivity index (χ0v) is 17.4. The Bertz CT molecular complexity index is 997. The zero-order valence-electron chi connectivity index (χ0n) is 17.4. The van der Waals surface area contributed by atoms with Crippen LogP contribution < -0.4 is 5.32 Å². The van der Waals surface area contributed by atoms with E-state index in [0.717, 1.165) is 31.7 Å². The number of alkyl halides is 3. The first-order chi connectivity index (χ1) is 15.1. The second-order valence-corrected chi connectivity index (χ2v) is 7.95. The number of aldehydes is 1. The van der Waals surface area contributed by atoms with Crippen LogP contribution in [-0.2, 0) is 15.8 Å². The lowest BCUT2D eigenvalue weighted by Gasteiger charge is -2.19. The molecule has 0 radical (unpaired) electrons. The van der Waals surface area contributed by atoms with Crippen LogP contribution in [0.4, 0.5) is 13.2 Å². The number of aliphatic carboxylic acids is 1. The van der Waals surface area contributed by atoms with Gasteiger partial charge < -0.3 is 15.2 Å². The highest BCUT2D eigenvalue weighted by Crippen LogP contribution is 2.40. The van der Waals surface area contributed by atoms with Crippen LogP contribution in [-0.4, -0.2) is 39.1 Å². The van der Waals surface area contributed by atoms with Crippen LogP contribution >= 0.6 is 0 Å². The summed E-state index contributed by atoms with van der Waals surface area (Å²) in [5, 5.41) is 16.0. The summed E-state index contributed by atoms with van der Waals surface area (Å²) in [6, 6.07) is 5.29. The Morgan fingerprint density at radius 2 is 1.94 bits per heavy atom. The Hall–Kier alpha value is -3.17. The Balaban J connectivity index is 2.02. The number of nitrogens with zero attached hydrogens (tertiary/aromatic N) is 2. The maximum atomic E-state index is 13.6. The molecule has 1 unspecified atom stereocenters. The van der Waals surface area contributed by atoms with E-state index in [2.05, 4.69) is 10.4 Å². The second kappa shape index (κ2) is 9.54. The number of aromatic nitrogens is 2. The normalized spacial score (nSPS) is 16.5. The fourth-order valence-corrected chi connectivity index (χ4v) is 3.99. The van der Waals surface area contributed by atoms with E-state index in [4.69, 9.17) is 0 Å². The van der Waals surface area contributed by atoms with Gasteiger partial charge in [0, 0.05) is 18.0 Å². The molecule has 1 aliphatic carbocycles. The van der Waals surface area contributed by atoms with Crippen molar-refractivity contribution in [3.05, 3.63) is 41.6 Å². The molecule has 0 bridgehead atoms. The van der Waals surface area contributed by atoms with Crippen molar-refractivity contribution in [1.29, 1.82) is 0 Å². The third-order valence-electron chi connectivity index (χ3n) is 5.81. The molecule has 7 nitrogen and oxygen atoms in total. The van der Waals surface area contributed by atoms with Gasteiger partial charge in [0.05, 0.1) is 23.2 Å². The number of hydrogen-bond donors (Lipinski definition) is 2. The second-order valence-electron chi connectivity index (χ2n) is 7.95. The van der Waals surface area contributed by atoms with E-state index in [1.54, 1.807) is 0 Å². The van der Waals surface area contributed by atoms with Crippen molar-refractivity contribution in [2.45, 2.75) is 57.3 Å². The van der Waals surface area contributed by atoms with E-state index < -0.39 is 35.6 Å². The molecule has 1 aliphatic rings. The van der Waals surface area contributed by atoms with Gasteiger partial charge in [0.1, 0.15) is 6.29 Å². The van der Waals surface area contributed by atoms with Gasteiger partial charge in [-0.25, -0.2) is 0 Å². The van der Waals surface area contributed by atoms with Gasteiger partial charge in [-0.2, -0.15) is 18.3 Å². The first kappa shape index (κ1) is 23.5. The smallest absolute Gasteiger partial charge is 0.417 e. The summed E-state index contributed by atoms with van der Waals surface area (Å²) < 4.78 is 42.4. The minimum atomic E-state index is -4.59. The molecule has 1 amide bonds.